The number of likely N-dealkylation sites (tertiary alicyclic amines) is 1. The zero-order valence-corrected chi connectivity index (χ0v) is 22.0. The van der Waals surface area contributed by atoms with Crippen LogP contribution >= 0.6 is 0 Å². The van der Waals surface area contributed by atoms with Gasteiger partial charge in [-0.1, -0.05) is 23.8 Å². The lowest BCUT2D eigenvalue weighted by atomic mass is 10.1. The number of anilines is 1. The first kappa shape index (κ1) is 25.4. The van der Waals surface area contributed by atoms with Gasteiger partial charge in [0.2, 0.25) is 5.91 Å². The van der Waals surface area contributed by atoms with E-state index in [1.807, 2.05) is 85.2 Å². The molecular formula is C29H33N7O2. The van der Waals surface area contributed by atoms with Crippen LogP contribution < -0.4 is 10.5 Å². The number of hydrogen-bond acceptors (Lipinski definition) is 7. The summed E-state index contributed by atoms with van der Waals surface area (Å²) in [5.41, 5.74) is 9.65. The number of nitrogens with two attached hydrogens (primary N) is 1. The average Bonchev–Trinajstić information content (AvgIpc) is 3.30. The van der Waals surface area contributed by atoms with Crippen LogP contribution in [0.15, 0.2) is 72.6 Å². The predicted molar refractivity (Wildman–Crippen MR) is 149 cm³/mol. The number of piperidine rings is 1. The number of para-hydroxylation sites is 1. The van der Waals surface area contributed by atoms with Gasteiger partial charge < -0.3 is 20.3 Å². The summed E-state index contributed by atoms with van der Waals surface area (Å²) in [6, 6.07) is 17.4. The lowest BCUT2D eigenvalue weighted by Gasteiger charge is -2.32. The molecule has 38 heavy (non-hydrogen) atoms. The Bertz CT molecular complexity index is 1450. The molecule has 0 spiro atoms. The van der Waals surface area contributed by atoms with Crippen LogP contribution in [0, 0.1) is 0 Å². The molecule has 2 aromatic heterocycles. The van der Waals surface area contributed by atoms with Crippen LogP contribution in [0.4, 0.5) is 5.82 Å². The number of fused-ring (bicyclic) bond motifs is 1. The Hall–Kier alpha value is -4.24. The van der Waals surface area contributed by atoms with Crippen molar-refractivity contribution >= 4 is 22.8 Å². The molecule has 1 atom stereocenters. The van der Waals surface area contributed by atoms with Crippen molar-refractivity contribution in [1.82, 2.24) is 29.5 Å². The Morgan fingerprint density at radius 1 is 1.11 bits per heavy atom. The number of benzene rings is 2. The molecule has 0 aliphatic carbocycles. The van der Waals surface area contributed by atoms with Crippen molar-refractivity contribution in [2.75, 3.05) is 39.5 Å². The molecule has 1 aliphatic heterocycles. The highest BCUT2D eigenvalue weighted by Gasteiger charge is 2.28. The Morgan fingerprint density at radius 2 is 1.84 bits per heavy atom. The van der Waals surface area contributed by atoms with E-state index in [2.05, 4.69) is 14.9 Å². The van der Waals surface area contributed by atoms with Crippen molar-refractivity contribution in [2.24, 2.45) is 0 Å². The number of amides is 1. The Labute approximate surface area is 222 Å². The van der Waals surface area contributed by atoms with Gasteiger partial charge in [0.1, 0.15) is 29.3 Å². The zero-order chi connectivity index (χ0) is 26.6. The summed E-state index contributed by atoms with van der Waals surface area (Å²) < 4.78 is 7.87. The van der Waals surface area contributed by atoms with Gasteiger partial charge in [0, 0.05) is 31.3 Å². The smallest absolute Gasteiger partial charge is 0.246 e. The fourth-order valence-corrected chi connectivity index (χ4v) is 4.96. The second-order valence-corrected chi connectivity index (χ2v) is 10.00. The SMILES string of the molecule is C/C(=C\C(=O)N1CCCC(n2nc(-c3ccc(Oc4ccccc4)cc3)c3c(N)ncnc32)C1)CN(C)C. The van der Waals surface area contributed by atoms with Crippen molar-refractivity contribution < 1.29 is 9.53 Å². The van der Waals surface area contributed by atoms with Crippen molar-refractivity contribution in [3.63, 3.8) is 0 Å². The van der Waals surface area contributed by atoms with E-state index in [-0.39, 0.29) is 11.9 Å². The van der Waals surface area contributed by atoms with Gasteiger partial charge in [0.15, 0.2) is 5.65 Å². The van der Waals surface area contributed by atoms with Crippen LogP contribution in [-0.4, -0.2) is 69.2 Å². The first-order valence-corrected chi connectivity index (χ1v) is 12.8. The predicted octanol–water partition coefficient (Wildman–Crippen LogP) is 4.54. The zero-order valence-electron chi connectivity index (χ0n) is 22.0. The first-order valence-electron chi connectivity index (χ1n) is 12.8. The summed E-state index contributed by atoms with van der Waals surface area (Å²) in [4.78, 5) is 25.8. The number of hydrogen-bond donors (Lipinski definition) is 1. The molecule has 0 radical (unpaired) electrons. The molecule has 1 amide bonds. The highest BCUT2D eigenvalue weighted by Crippen LogP contribution is 2.35. The van der Waals surface area contributed by atoms with E-state index in [4.69, 9.17) is 15.6 Å². The van der Waals surface area contributed by atoms with Gasteiger partial charge in [0.25, 0.3) is 0 Å². The number of nitrogens with zero attached hydrogens (tertiary/aromatic N) is 6. The van der Waals surface area contributed by atoms with Crippen LogP contribution in [0.25, 0.3) is 22.3 Å². The summed E-state index contributed by atoms with van der Waals surface area (Å²) in [7, 11) is 3.99. The Kier molecular flexibility index (Phi) is 7.37. The average molecular weight is 512 g/mol. The lowest BCUT2D eigenvalue weighted by molar-refractivity contribution is -0.127. The summed E-state index contributed by atoms with van der Waals surface area (Å²) in [5.74, 6) is 1.92. The monoisotopic (exact) mass is 511 g/mol. The molecular weight excluding hydrogens is 478 g/mol. The number of aromatic nitrogens is 4. The number of carbonyl (C=O) groups is 1. The molecule has 0 saturated carbocycles. The van der Waals surface area contributed by atoms with Gasteiger partial charge in [-0.15, -0.1) is 0 Å². The first-order chi connectivity index (χ1) is 18.4. The third kappa shape index (κ3) is 5.52. The molecule has 1 saturated heterocycles. The minimum Gasteiger partial charge on any atom is -0.457 e. The largest absolute Gasteiger partial charge is 0.457 e. The minimum absolute atomic E-state index is 0.0125. The Balaban J connectivity index is 1.42. The third-order valence-electron chi connectivity index (χ3n) is 6.61. The van der Waals surface area contributed by atoms with Crippen LogP contribution in [0.3, 0.4) is 0 Å². The standard InChI is InChI=1S/C29H33N7O2/c1-20(17-34(2)3)16-25(37)35-15-7-8-22(18-35)36-29-26(28(30)31-19-32-29)27(33-36)21-11-13-24(14-12-21)38-23-9-5-4-6-10-23/h4-6,9-14,16,19,22H,7-8,15,17-18H2,1-3H3,(H2,30,31,32)/b20-16+. The fraction of sp³-hybridized carbons (Fsp3) is 0.310. The van der Waals surface area contributed by atoms with Crippen LogP contribution in [-0.2, 0) is 4.79 Å². The second-order valence-electron chi connectivity index (χ2n) is 10.00. The summed E-state index contributed by atoms with van der Waals surface area (Å²) in [6.07, 6.45) is 5.00. The van der Waals surface area contributed by atoms with Gasteiger partial charge in [-0.2, -0.15) is 5.10 Å². The molecule has 0 bridgehead atoms. The number of ether oxygens (including phenoxy) is 1. The fourth-order valence-electron chi connectivity index (χ4n) is 4.96. The lowest BCUT2D eigenvalue weighted by Crippen LogP contribution is -2.40. The number of likely N-dealkylation sites (N-methyl/N-ethyl adjacent to an activating group) is 1. The minimum atomic E-state index is -0.0125. The molecule has 9 heteroatoms. The number of carbonyl (C=O) groups excluding carboxylic acids is 1. The third-order valence-corrected chi connectivity index (χ3v) is 6.61. The van der Waals surface area contributed by atoms with E-state index in [0.717, 1.165) is 59.6 Å². The van der Waals surface area contributed by atoms with E-state index in [1.54, 1.807) is 6.08 Å². The van der Waals surface area contributed by atoms with Crippen molar-refractivity contribution in [2.45, 2.75) is 25.8 Å². The van der Waals surface area contributed by atoms with Crippen LogP contribution in [0.1, 0.15) is 25.8 Å². The maximum Gasteiger partial charge on any atom is 0.246 e. The maximum absolute atomic E-state index is 13.0. The van der Waals surface area contributed by atoms with Gasteiger partial charge in [-0.3, -0.25) is 4.79 Å². The van der Waals surface area contributed by atoms with Crippen LogP contribution in [0.2, 0.25) is 0 Å². The highest BCUT2D eigenvalue weighted by molar-refractivity contribution is 5.98. The van der Waals surface area contributed by atoms with Gasteiger partial charge in [-0.25, -0.2) is 14.6 Å². The topological polar surface area (TPSA) is 102 Å². The van der Waals surface area contributed by atoms with Gasteiger partial charge in [0.05, 0.1) is 11.4 Å². The summed E-state index contributed by atoms with van der Waals surface area (Å²) in [6.45, 7) is 4.03. The van der Waals surface area contributed by atoms with Crippen LogP contribution in [0.5, 0.6) is 11.5 Å². The van der Waals surface area contributed by atoms with Crippen molar-refractivity contribution in [3.05, 3.63) is 72.6 Å². The molecule has 196 valence electrons. The van der Waals surface area contributed by atoms with Crippen molar-refractivity contribution in [3.8, 4) is 22.8 Å². The normalized spacial score (nSPS) is 16.3. The van der Waals surface area contributed by atoms with Crippen molar-refractivity contribution in [1.29, 1.82) is 0 Å². The summed E-state index contributed by atoms with van der Waals surface area (Å²) in [5, 5.41) is 5.70. The molecule has 1 unspecified atom stereocenters. The maximum atomic E-state index is 13.0. The molecule has 2 aromatic carbocycles. The summed E-state index contributed by atoms with van der Waals surface area (Å²) >= 11 is 0. The quantitative estimate of drug-likeness (QED) is 0.364. The molecule has 4 aromatic rings. The van der Waals surface area contributed by atoms with E-state index in [0.29, 0.717) is 18.0 Å². The second kappa shape index (κ2) is 11.0. The number of rotatable bonds is 7. The van der Waals surface area contributed by atoms with E-state index < -0.39 is 0 Å². The molecule has 1 fully saturated rings. The van der Waals surface area contributed by atoms with E-state index in [9.17, 15) is 4.79 Å². The molecule has 1 aliphatic rings. The molecule has 3 heterocycles. The number of nitrogen functional groups attached to an aromatic ring is 1. The molecule has 5 rings (SSSR count). The Morgan fingerprint density at radius 3 is 2.58 bits per heavy atom. The highest BCUT2D eigenvalue weighted by atomic mass is 16.5. The van der Waals surface area contributed by atoms with E-state index in [1.165, 1.54) is 6.33 Å². The van der Waals surface area contributed by atoms with E-state index >= 15 is 0 Å². The molecule has 2 N–H and O–H groups in total. The van der Waals surface area contributed by atoms with Gasteiger partial charge in [-0.05, 0) is 70.3 Å². The van der Waals surface area contributed by atoms with Gasteiger partial charge >= 0.3 is 0 Å². The molecule has 9 nitrogen and oxygen atoms in total.